The molecule has 5 heteroatoms. The lowest BCUT2D eigenvalue weighted by molar-refractivity contribution is 0.197. The number of nitrogens with one attached hydrogen (secondary N) is 1. The molecule has 1 N–H and O–H groups in total. The van der Waals surface area contributed by atoms with Crippen molar-refractivity contribution in [2.45, 2.75) is 19.4 Å². The van der Waals surface area contributed by atoms with Gasteiger partial charge in [0.1, 0.15) is 11.9 Å². The van der Waals surface area contributed by atoms with Crippen LogP contribution in [-0.2, 0) is 7.05 Å². The normalized spacial score (nSPS) is 12.4. The summed E-state index contributed by atoms with van der Waals surface area (Å²) >= 11 is 1.67. The molecule has 2 aromatic heterocycles. The van der Waals surface area contributed by atoms with Gasteiger partial charge in [0, 0.05) is 30.6 Å². The summed E-state index contributed by atoms with van der Waals surface area (Å²) in [7, 11) is 1.76. The van der Waals surface area contributed by atoms with E-state index in [-0.39, 0.29) is 11.7 Å². The standard InChI is InChI=1S/C19H22N2O2S/c1-3-20-10-7-17(14-9-12-24-13-14)23-18-6-4-5-16-15(18)8-11-21(2)19(16)22/h4-6,8-9,11-13,17,20H,3,7,10H2,1-2H3/t17-/m1/s1. The highest BCUT2D eigenvalue weighted by Gasteiger charge is 2.16. The molecule has 1 aromatic carbocycles. The van der Waals surface area contributed by atoms with Crippen LogP contribution in [-0.4, -0.2) is 17.7 Å². The van der Waals surface area contributed by atoms with E-state index < -0.39 is 0 Å². The van der Waals surface area contributed by atoms with Crippen molar-refractivity contribution in [3.8, 4) is 5.75 Å². The third kappa shape index (κ3) is 3.52. The van der Waals surface area contributed by atoms with E-state index in [0.717, 1.165) is 30.6 Å². The van der Waals surface area contributed by atoms with E-state index in [2.05, 4.69) is 29.1 Å². The zero-order valence-corrected chi connectivity index (χ0v) is 14.8. The molecular formula is C19H22N2O2S. The minimum absolute atomic E-state index is 0.00215. The molecule has 0 fully saturated rings. The van der Waals surface area contributed by atoms with Crippen LogP contribution in [0, 0.1) is 0 Å². The summed E-state index contributed by atoms with van der Waals surface area (Å²) in [6.45, 7) is 3.94. The maximum atomic E-state index is 12.3. The van der Waals surface area contributed by atoms with Gasteiger partial charge in [0.05, 0.1) is 5.39 Å². The molecule has 126 valence electrons. The highest BCUT2D eigenvalue weighted by molar-refractivity contribution is 7.07. The number of aryl methyl sites for hydroxylation is 1. The summed E-state index contributed by atoms with van der Waals surface area (Å²) in [5, 5.41) is 9.10. The summed E-state index contributed by atoms with van der Waals surface area (Å²) < 4.78 is 7.92. The van der Waals surface area contributed by atoms with Gasteiger partial charge in [0.2, 0.25) is 0 Å². The van der Waals surface area contributed by atoms with Gasteiger partial charge >= 0.3 is 0 Å². The van der Waals surface area contributed by atoms with E-state index in [1.807, 2.05) is 24.3 Å². The van der Waals surface area contributed by atoms with Gasteiger partial charge in [-0.2, -0.15) is 11.3 Å². The van der Waals surface area contributed by atoms with Crippen LogP contribution in [0.2, 0.25) is 0 Å². The first-order valence-electron chi connectivity index (χ1n) is 8.18. The highest BCUT2D eigenvalue weighted by atomic mass is 32.1. The molecule has 0 aliphatic rings. The molecular weight excluding hydrogens is 320 g/mol. The van der Waals surface area contributed by atoms with Crippen LogP contribution in [0.15, 0.2) is 52.1 Å². The Morgan fingerprint density at radius 1 is 1.25 bits per heavy atom. The van der Waals surface area contributed by atoms with E-state index in [0.29, 0.717) is 5.39 Å². The molecule has 0 radical (unpaired) electrons. The van der Waals surface area contributed by atoms with Crippen LogP contribution in [0.5, 0.6) is 5.75 Å². The molecule has 2 heterocycles. The van der Waals surface area contributed by atoms with Crippen molar-refractivity contribution < 1.29 is 4.74 Å². The fourth-order valence-corrected chi connectivity index (χ4v) is 3.47. The number of pyridine rings is 1. The van der Waals surface area contributed by atoms with E-state index in [4.69, 9.17) is 4.74 Å². The number of thiophene rings is 1. The molecule has 0 aliphatic heterocycles. The number of fused-ring (bicyclic) bond motifs is 1. The van der Waals surface area contributed by atoms with Gasteiger partial charge in [-0.25, -0.2) is 0 Å². The maximum Gasteiger partial charge on any atom is 0.258 e. The molecule has 0 amide bonds. The van der Waals surface area contributed by atoms with Gasteiger partial charge in [0.15, 0.2) is 0 Å². The fraction of sp³-hybridized carbons (Fsp3) is 0.316. The average Bonchev–Trinajstić information content (AvgIpc) is 3.12. The maximum absolute atomic E-state index is 12.3. The second kappa shape index (κ2) is 7.64. The lowest BCUT2D eigenvalue weighted by Gasteiger charge is -2.20. The lowest BCUT2D eigenvalue weighted by atomic mass is 10.1. The molecule has 0 unspecified atom stereocenters. The van der Waals surface area contributed by atoms with E-state index in [1.165, 1.54) is 5.56 Å². The molecule has 1 atom stereocenters. The Morgan fingerprint density at radius 2 is 2.12 bits per heavy atom. The summed E-state index contributed by atoms with van der Waals surface area (Å²) in [6.07, 6.45) is 2.65. The number of rotatable bonds is 7. The Kier molecular flexibility index (Phi) is 5.33. The van der Waals surface area contributed by atoms with Crippen LogP contribution >= 0.6 is 11.3 Å². The summed E-state index contributed by atoms with van der Waals surface area (Å²) in [4.78, 5) is 12.3. The molecule has 3 rings (SSSR count). The van der Waals surface area contributed by atoms with Crippen LogP contribution < -0.4 is 15.6 Å². The first kappa shape index (κ1) is 16.7. The monoisotopic (exact) mass is 342 g/mol. The fourth-order valence-electron chi connectivity index (χ4n) is 2.76. The Labute approximate surface area is 145 Å². The molecule has 0 bridgehead atoms. The van der Waals surface area contributed by atoms with Gasteiger partial charge in [-0.05, 0) is 48.1 Å². The van der Waals surface area contributed by atoms with Gasteiger partial charge < -0.3 is 14.6 Å². The minimum atomic E-state index is -0.0232. The predicted molar refractivity (Wildman–Crippen MR) is 100 cm³/mol. The number of ether oxygens (including phenoxy) is 1. The molecule has 0 aliphatic carbocycles. The van der Waals surface area contributed by atoms with Gasteiger partial charge in [0.25, 0.3) is 5.56 Å². The summed E-state index contributed by atoms with van der Waals surface area (Å²) in [5.41, 5.74) is 1.18. The first-order valence-corrected chi connectivity index (χ1v) is 9.13. The van der Waals surface area contributed by atoms with Crippen LogP contribution in [0.1, 0.15) is 25.0 Å². The molecule has 24 heavy (non-hydrogen) atoms. The summed E-state index contributed by atoms with van der Waals surface area (Å²) in [5.74, 6) is 0.762. The van der Waals surface area contributed by atoms with Crippen molar-refractivity contribution >= 4 is 22.1 Å². The van der Waals surface area contributed by atoms with Crippen molar-refractivity contribution in [2.24, 2.45) is 7.05 Å². The van der Waals surface area contributed by atoms with Crippen molar-refractivity contribution in [3.63, 3.8) is 0 Å². The number of hydrogen-bond acceptors (Lipinski definition) is 4. The average molecular weight is 342 g/mol. The van der Waals surface area contributed by atoms with Crippen LogP contribution in [0.25, 0.3) is 10.8 Å². The minimum Gasteiger partial charge on any atom is -0.485 e. The zero-order chi connectivity index (χ0) is 16.9. The van der Waals surface area contributed by atoms with Crippen molar-refractivity contribution in [2.75, 3.05) is 13.1 Å². The Morgan fingerprint density at radius 3 is 2.88 bits per heavy atom. The Hall–Kier alpha value is -2.11. The number of aromatic nitrogens is 1. The Balaban J connectivity index is 1.93. The predicted octanol–water partition coefficient (Wildman–Crippen LogP) is 3.72. The van der Waals surface area contributed by atoms with Crippen LogP contribution in [0.4, 0.5) is 0 Å². The molecule has 0 saturated carbocycles. The molecule has 0 saturated heterocycles. The lowest BCUT2D eigenvalue weighted by Crippen LogP contribution is -2.19. The van der Waals surface area contributed by atoms with Crippen LogP contribution in [0.3, 0.4) is 0 Å². The number of benzene rings is 1. The van der Waals surface area contributed by atoms with Gasteiger partial charge in [-0.15, -0.1) is 0 Å². The second-order valence-corrected chi connectivity index (χ2v) is 6.53. The highest BCUT2D eigenvalue weighted by Crippen LogP contribution is 2.30. The topological polar surface area (TPSA) is 43.3 Å². The van der Waals surface area contributed by atoms with Crippen molar-refractivity contribution in [3.05, 3.63) is 63.2 Å². The van der Waals surface area contributed by atoms with E-state index in [1.54, 1.807) is 29.1 Å². The quantitative estimate of drug-likeness (QED) is 0.666. The van der Waals surface area contributed by atoms with E-state index >= 15 is 0 Å². The van der Waals surface area contributed by atoms with Gasteiger partial charge in [-0.1, -0.05) is 13.0 Å². The van der Waals surface area contributed by atoms with E-state index in [9.17, 15) is 4.79 Å². The third-order valence-electron chi connectivity index (χ3n) is 4.10. The van der Waals surface area contributed by atoms with Crippen molar-refractivity contribution in [1.29, 1.82) is 0 Å². The molecule has 0 spiro atoms. The van der Waals surface area contributed by atoms with Crippen molar-refractivity contribution in [1.82, 2.24) is 9.88 Å². The summed E-state index contributed by atoms with van der Waals surface area (Å²) in [6, 6.07) is 9.72. The Bertz CT molecular complexity index is 855. The second-order valence-electron chi connectivity index (χ2n) is 5.75. The third-order valence-corrected chi connectivity index (χ3v) is 4.80. The smallest absolute Gasteiger partial charge is 0.258 e. The largest absolute Gasteiger partial charge is 0.485 e. The first-order chi connectivity index (χ1) is 11.7. The molecule has 4 nitrogen and oxygen atoms in total. The number of hydrogen-bond donors (Lipinski definition) is 1. The zero-order valence-electron chi connectivity index (χ0n) is 14.0. The number of nitrogens with zero attached hydrogens (tertiary/aromatic N) is 1. The SMILES string of the molecule is CCNCC[C@@H](Oc1cccc2c(=O)n(C)ccc12)c1ccsc1. The molecule has 3 aromatic rings. The van der Waals surface area contributed by atoms with Gasteiger partial charge in [-0.3, -0.25) is 4.79 Å².